The molecule has 0 radical (unpaired) electrons. The first-order valence-corrected chi connectivity index (χ1v) is 9.02. The van der Waals surface area contributed by atoms with Crippen LogP contribution >= 0.6 is 0 Å². The molecule has 0 unspecified atom stereocenters. The summed E-state index contributed by atoms with van der Waals surface area (Å²) >= 11 is 0. The smallest absolute Gasteiger partial charge is 0.127 e. The lowest BCUT2D eigenvalue weighted by atomic mass is 9.93. The number of benzene rings is 4. The number of hydrogen-bond acceptors (Lipinski definition) is 4. The molecule has 0 spiro atoms. The molecule has 0 aliphatic heterocycles. The van der Waals surface area contributed by atoms with Crippen LogP contribution in [-0.4, -0.2) is 20.4 Å². The van der Waals surface area contributed by atoms with Gasteiger partial charge in [0.2, 0.25) is 0 Å². The predicted octanol–water partition coefficient (Wildman–Crippen LogP) is 4.84. The van der Waals surface area contributed by atoms with Gasteiger partial charge >= 0.3 is 0 Å². The van der Waals surface area contributed by atoms with E-state index in [9.17, 15) is 20.4 Å². The van der Waals surface area contributed by atoms with E-state index in [0.29, 0.717) is 29.2 Å². The van der Waals surface area contributed by atoms with Crippen molar-refractivity contribution in [3.8, 4) is 23.0 Å². The van der Waals surface area contributed by atoms with Gasteiger partial charge in [0.15, 0.2) is 0 Å². The number of hydrogen-bond donors (Lipinski definition) is 4. The topological polar surface area (TPSA) is 80.9 Å². The van der Waals surface area contributed by atoms with E-state index in [2.05, 4.69) is 0 Å². The first-order chi connectivity index (χ1) is 13.5. The van der Waals surface area contributed by atoms with Gasteiger partial charge < -0.3 is 20.4 Å². The molecule has 0 amide bonds. The summed E-state index contributed by atoms with van der Waals surface area (Å²) < 4.78 is 0. The molecule has 4 rings (SSSR count). The summed E-state index contributed by atoms with van der Waals surface area (Å²) in [5.41, 5.74) is 3.42. The number of fused-ring (bicyclic) bond motifs is 1. The molecule has 0 aliphatic rings. The summed E-state index contributed by atoms with van der Waals surface area (Å²) in [6.07, 6.45) is 0.996. The lowest BCUT2D eigenvalue weighted by Gasteiger charge is -2.14. The van der Waals surface area contributed by atoms with Crippen LogP contribution in [0.4, 0.5) is 0 Å². The SMILES string of the molecule is Oc1ccc(Cc2cc(O)c3cccc(Cc4ccc(O)cc4)c3c2O)cc1. The van der Waals surface area contributed by atoms with Crippen molar-refractivity contribution in [2.75, 3.05) is 0 Å². The van der Waals surface area contributed by atoms with Crippen LogP contribution in [0.25, 0.3) is 10.8 Å². The van der Waals surface area contributed by atoms with Crippen LogP contribution in [0, 0.1) is 0 Å². The molecule has 0 fully saturated rings. The lowest BCUT2D eigenvalue weighted by Crippen LogP contribution is -1.94. The van der Waals surface area contributed by atoms with Gasteiger partial charge in [0.25, 0.3) is 0 Å². The number of phenols is 4. The Morgan fingerprint density at radius 1 is 0.571 bits per heavy atom. The van der Waals surface area contributed by atoms with Crippen LogP contribution in [0.5, 0.6) is 23.0 Å². The molecule has 140 valence electrons. The zero-order valence-electron chi connectivity index (χ0n) is 15.1. The summed E-state index contributed by atoms with van der Waals surface area (Å²) in [5.74, 6) is 0.660. The fraction of sp³-hybridized carbons (Fsp3) is 0.0833. The molecule has 4 heteroatoms. The van der Waals surface area contributed by atoms with Gasteiger partial charge in [0.1, 0.15) is 23.0 Å². The molecule has 0 heterocycles. The van der Waals surface area contributed by atoms with E-state index in [0.717, 1.165) is 16.7 Å². The third-order valence-electron chi connectivity index (χ3n) is 4.94. The maximum absolute atomic E-state index is 11.0. The van der Waals surface area contributed by atoms with Crippen molar-refractivity contribution < 1.29 is 20.4 Å². The number of phenolic OH excluding ortho intramolecular Hbond substituents is 4. The molecule has 0 aromatic heterocycles. The first-order valence-electron chi connectivity index (χ1n) is 9.02. The Morgan fingerprint density at radius 2 is 1.11 bits per heavy atom. The summed E-state index contributed by atoms with van der Waals surface area (Å²) in [6.45, 7) is 0. The van der Waals surface area contributed by atoms with Crippen molar-refractivity contribution in [1.29, 1.82) is 0 Å². The molecule has 4 aromatic carbocycles. The van der Waals surface area contributed by atoms with Crippen LogP contribution in [0.3, 0.4) is 0 Å². The molecular formula is C24H20O4. The van der Waals surface area contributed by atoms with Gasteiger partial charge in [0.05, 0.1) is 0 Å². The zero-order chi connectivity index (χ0) is 19.7. The highest BCUT2D eigenvalue weighted by atomic mass is 16.3. The van der Waals surface area contributed by atoms with Crippen molar-refractivity contribution >= 4 is 10.8 Å². The zero-order valence-corrected chi connectivity index (χ0v) is 15.1. The fourth-order valence-electron chi connectivity index (χ4n) is 3.51. The van der Waals surface area contributed by atoms with Gasteiger partial charge in [0, 0.05) is 22.8 Å². The van der Waals surface area contributed by atoms with Crippen LogP contribution in [0.2, 0.25) is 0 Å². The second-order valence-electron chi connectivity index (χ2n) is 6.93. The monoisotopic (exact) mass is 372 g/mol. The van der Waals surface area contributed by atoms with E-state index in [1.165, 1.54) is 0 Å². The third kappa shape index (κ3) is 3.45. The van der Waals surface area contributed by atoms with E-state index in [1.54, 1.807) is 48.5 Å². The Morgan fingerprint density at radius 3 is 1.68 bits per heavy atom. The van der Waals surface area contributed by atoms with Crippen LogP contribution in [0.1, 0.15) is 22.3 Å². The van der Waals surface area contributed by atoms with Gasteiger partial charge in [-0.2, -0.15) is 0 Å². The maximum Gasteiger partial charge on any atom is 0.127 e. The Labute approximate surface area is 162 Å². The second-order valence-corrected chi connectivity index (χ2v) is 6.93. The molecule has 0 aliphatic carbocycles. The molecule has 0 atom stereocenters. The average Bonchev–Trinajstić information content (AvgIpc) is 2.69. The minimum Gasteiger partial charge on any atom is -0.508 e. The van der Waals surface area contributed by atoms with E-state index in [-0.39, 0.29) is 23.0 Å². The lowest BCUT2D eigenvalue weighted by molar-refractivity contribution is 0.464. The normalized spacial score (nSPS) is 11.0. The summed E-state index contributed by atoms with van der Waals surface area (Å²) in [6, 6.07) is 20.9. The van der Waals surface area contributed by atoms with Crippen molar-refractivity contribution in [3.05, 3.63) is 95.1 Å². The largest absolute Gasteiger partial charge is 0.508 e. The first kappa shape index (κ1) is 17.7. The molecule has 28 heavy (non-hydrogen) atoms. The minimum atomic E-state index is 0.120. The quantitative estimate of drug-likeness (QED) is 0.386. The van der Waals surface area contributed by atoms with Gasteiger partial charge in [-0.25, -0.2) is 0 Å². The molecule has 4 aromatic rings. The highest BCUT2D eigenvalue weighted by Crippen LogP contribution is 2.39. The van der Waals surface area contributed by atoms with Gasteiger partial charge in [-0.3, -0.25) is 0 Å². The number of aromatic hydroxyl groups is 4. The highest BCUT2D eigenvalue weighted by molar-refractivity contribution is 5.96. The highest BCUT2D eigenvalue weighted by Gasteiger charge is 2.15. The molecule has 0 saturated carbocycles. The van der Waals surface area contributed by atoms with Gasteiger partial charge in [-0.05, 0) is 53.4 Å². The van der Waals surface area contributed by atoms with Crippen LogP contribution in [-0.2, 0) is 12.8 Å². The molecule has 4 N–H and O–H groups in total. The van der Waals surface area contributed by atoms with Crippen LogP contribution in [0.15, 0.2) is 72.8 Å². The summed E-state index contributed by atoms with van der Waals surface area (Å²) in [7, 11) is 0. The Hall–Kier alpha value is -3.66. The summed E-state index contributed by atoms with van der Waals surface area (Å²) in [5, 5.41) is 41.7. The van der Waals surface area contributed by atoms with E-state index in [4.69, 9.17) is 0 Å². The third-order valence-corrected chi connectivity index (χ3v) is 4.94. The van der Waals surface area contributed by atoms with Crippen molar-refractivity contribution in [1.82, 2.24) is 0 Å². The van der Waals surface area contributed by atoms with Crippen LogP contribution < -0.4 is 0 Å². The van der Waals surface area contributed by atoms with E-state index < -0.39 is 0 Å². The Kier molecular flexibility index (Phi) is 4.53. The second kappa shape index (κ2) is 7.16. The van der Waals surface area contributed by atoms with Crippen molar-refractivity contribution in [2.24, 2.45) is 0 Å². The van der Waals surface area contributed by atoms with Gasteiger partial charge in [-0.1, -0.05) is 42.5 Å². The minimum absolute atomic E-state index is 0.120. The van der Waals surface area contributed by atoms with E-state index >= 15 is 0 Å². The molecule has 4 nitrogen and oxygen atoms in total. The van der Waals surface area contributed by atoms with E-state index in [1.807, 2.05) is 24.3 Å². The Balaban J connectivity index is 1.79. The fourth-order valence-corrected chi connectivity index (χ4v) is 3.51. The van der Waals surface area contributed by atoms with Crippen molar-refractivity contribution in [3.63, 3.8) is 0 Å². The van der Waals surface area contributed by atoms with Crippen molar-refractivity contribution in [2.45, 2.75) is 12.8 Å². The standard InChI is InChI=1S/C24H20O4/c25-19-8-4-15(5-9-19)12-17-2-1-3-21-22(27)14-18(24(28)23(17)21)13-16-6-10-20(26)11-7-16/h1-11,14,25-28H,12-13H2. The predicted molar refractivity (Wildman–Crippen MR) is 109 cm³/mol. The molecule has 0 saturated heterocycles. The Bertz CT molecular complexity index is 1130. The summed E-state index contributed by atoms with van der Waals surface area (Å²) in [4.78, 5) is 0. The van der Waals surface area contributed by atoms with Gasteiger partial charge in [-0.15, -0.1) is 0 Å². The molecular weight excluding hydrogens is 352 g/mol. The molecule has 0 bridgehead atoms. The number of rotatable bonds is 4. The maximum atomic E-state index is 11.0. The average molecular weight is 372 g/mol.